The van der Waals surface area contributed by atoms with Crippen LogP contribution in [0.15, 0.2) is 24.4 Å². The number of para-hydroxylation sites is 1. The Bertz CT molecular complexity index is 741. The summed E-state index contributed by atoms with van der Waals surface area (Å²) in [4.78, 5) is 14.6. The van der Waals surface area contributed by atoms with Crippen molar-refractivity contribution in [1.82, 2.24) is 14.7 Å². The first-order valence-electron chi connectivity index (χ1n) is 8.98. The molecule has 6 heteroatoms. The maximum Gasteiger partial charge on any atom is 0.238 e. The molecule has 2 rings (SSSR count). The Morgan fingerprint density at radius 1 is 1.23 bits per heavy atom. The summed E-state index contributed by atoms with van der Waals surface area (Å²) in [7, 11) is 3.72. The first kappa shape index (κ1) is 20.5. The summed E-state index contributed by atoms with van der Waals surface area (Å²) in [5.74, 6) is 0.651. The van der Waals surface area contributed by atoms with E-state index in [2.05, 4.69) is 56.3 Å². The van der Waals surface area contributed by atoms with E-state index < -0.39 is 0 Å². The van der Waals surface area contributed by atoms with Crippen LogP contribution in [0.5, 0.6) is 0 Å². The third kappa shape index (κ3) is 5.08. The van der Waals surface area contributed by atoms with Gasteiger partial charge in [0.25, 0.3) is 0 Å². The van der Waals surface area contributed by atoms with Crippen molar-refractivity contribution in [2.24, 2.45) is 7.05 Å². The van der Waals surface area contributed by atoms with Gasteiger partial charge in [0.15, 0.2) is 0 Å². The van der Waals surface area contributed by atoms with Crippen LogP contribution in [0, 0.1) is 0 Å². The van der Waals surface area contributed by atoms with Crippen LogP contribution in [0.2, 0.25) is 5.02 Å². The standard InChI is InChI=1S/C20H29ClN4O/c1-13(2)15-8-7-9-16(14(3)4)20(15)22-19(26)12-24(5)11-18-17(21)10-25(6)23-18/h7-10,13-14H,11-12H2,1-6H3,(H,22,26). The van der Waals surface area contributed by atoms with E-state index >= 15 is 0 Å². The summed E-state index contributed by atoms with van der Waals surface area (Å²) >= 11 is 6.16. The number of aryl methyl sites for hydroxylation is 1. The van der Waals surface area contributed by atoms with Crippen LogP contribution >= 0.6 is 11.6 Å². The Labute approximate surface area is 161 Å². The SMILES string of the molecule is CC(C)c1cccc(C(C)C)c1NC(=O)CN(C)Cc1nn(C)cc1Cl. The van der Waals surface area contributed by atoms with Gasteiger partial charge in [0.2, 0.25) is 5.91 Å². The van der Waals surface area contributed by atoms with E-state index in [9.17, 15) is 4.79 Å². The molecule has 1 aromatic heterocycles. The third-order valence-corrected chi connectivity index (χ3v) is 4.64. The quantitative estimate of drug-likeness (QED) is 0.779. The lowest BCUT2D eigenvalue weighted by atomic mass is 9.92. The number of anilines is 1. The molecule has 1 aromatic carbocycles. The van der Waals surface area contributed by atoms with Gasteiger partial charge in [-0.1, -0.05) is 57.5 Å². The fraction of sp³-hybridized carbons (Fsp3) is 0.500. The maximum atomic E-state index is 12.6. The monoisotopic (exact) mass is 376 g/mol. The van der Waals surface area contributed by atoms with Crippen LogP contribution in [0.1, 0.15) is 56.4 Å². The van der Waals surface area contributed by atoms with Gasteiger partial charge >= 0.3 is 0 Å². The minimum Gasteiger partial charge on any atom is -0.324 e. The lowest BCUT2D eigenvalue weighted by Crippen LogP contribution is -2.30. The molecular weight excluding hydrogens is 348 g/mol. The summed E-state index contributed by atoms with van der Waals surface area (Å²) in [5, 5.41) is 8.08. The highest BCUT2D eigenvalue weighted by Crippen LogP contribution is 2.32. The number of aromatic nitrogens is 2. The molecule has 0 radical (unpaired) electrons. The average molecular weight is 377 g/mol. The molecule has 0 unspecified atom stereocenters. The number of carbonyl (C=O) groups is 1. The minimum atomic E-state index is -0.0328. The fourth-order valence-corrected chi connectivity index (χ4v) is 3.28. The van der Waals surface area contributed by atoms with Crippen LogP contribution in [0.3, 0.4) is 0 Å². The smallest absolute Gasteiger partial charge is 0.238 e. The molecule has 1 N–H and O–H groups in total. The molecule has 0 bridgehead atoms. The van der Waals surface area contributed by atoms with Crippen molar-refractivity contribution >= 4 is 23.2 Å². The lowest BCUT2D eigenvalue weighted by Gasteiger charge is -2.21. The van der Waals surface area contributed by atoms with Crippen molar-refractivity contribution in [3.05, 3.63) is 46.2 Å². The number of benzene rings is 1. The maximum absolute atomic E-state index is 12.6. The molecule has 5 nitrogen and oxygen atoms in total. The molecule has 26 heavy (non-hydrogen) atoms. The second-order valence-corrected chi connectivity index (χ2v) is 7.85. The highest BCUT2D eigenvalue weighted by atomic mass is 35.5. The first-order valence-corrected chi connectivity index (χ1v) is 9.36. The van der Waals surface area contributed by atoms with E-state index in [4.69, 9.17) is 11.6 Å². The van der Waals surface area contributed by atoms with E-state index in [1.165, 1.54) is 11.1 Å². The Balaban J connectivity index is 2.11. The van der Waals surface area contributed by atoms with Gasteiger partial charge in [0, 0.05) is 25.5 Å². The molecule has 1 amide bonds. The van der Waals surface area contributed by atoms with Gasteiger partial charge in [0.05, 0.1) is 17.3 Å². The summed E-state index contributed by atoms with van der Waals surface area (Å²) in [6.45, 7) is 9.37. The Morgan fingerprint density at radius 3 is 2.27 bits per heavy atom. The van der Waals surface area contributed by atoms with E-state index in [1.807, 2.05) is 19.0 Å². The largest absolute Gasteiger partial charge is 0.324 e. The minimum absolute atomic E-state index is 0.0328. The van der Waals surface area contributed by atoms with E-state index in [1.54, 1.807) is 10.9 Å². The zero-order valence-electron chi connectivity index (χ0n) is 16.5. The molecule has 2 aromatic rings. The molecule has 0 atom stereocenters. The lowest BCUT2D eigenvalue weighted by molar-refractivity contribution is -0.117. The van der Waals surface area contributed by atoms with E-state index in [-0.39, 0.29) is 12.5 Å². The van der Waals surface area contributed by atoms with Crippen molar-refractivity contribution in [1.29, 1.82) is 0 Å². The Morgan fingerprint density at radius 2 is 1.81 bits per heavy atom. The van der Waals surface area contributed by atoms with Crippen LogP contribution in [-0.4, -0.2) is 34.2 Å². The average Bonchev–Trinajstić information content (AvgIpc) is 2.84. The van der Waals surface area contributed by atoms with Gasteiger partial charge in [-0.15, -0.1) is 0 Å². The highest BCUT2D eigenvalue weighted by Gasteiger charge is 2.17. The summed E-state index contributed by atoms with van der Waals surface area (Å²) in [6, 6.07) is 6.24. The number of rotatable bonds is 7. The zero-order valence-corrected chi connectivity index (χ0v) is 17.3. The summed E-state index contributed by atoms with van der Waals surface area (Å²) < 4.78 is 1.68. The number of hydrogen-bond donors (Lipinski definition) is 1. The van der Waals surface area contributed by atoms with Crippen LogP contribution in [0.25, 0.3) is 0 Å². The molecular formula is C20H29ClN4O. The van der Waals surface area contributed by atoms with Crippen LogP contribution in [-0.2, 0) is 18.4 Å². The summed E-state index contributed by atoms with van der Waals surface area (Å²) in [5.41, 5.74) is 4.06. The number of amides is 1. The topological polar surface area (TPSA) is 50.2 Å². The molecule has 0 aliphatic rings. The second-order valence-electron chi connectivity index (χ2n) is 7.44. The molecule has 0 aliphatic heterocycles. The summed E-state index contributed by atoms with van der Waals surface area (Å²) in [6.07, 6.45) is 1.76. The number of likely N-dealkylation sites (N-methyl/N-ethyl adjacent to an activating group) is 1. The Hall–Kier alpha value is -1.85. The predicted octanol–water partition coefficient (Wildman–Crippen LogP) is 4.39. The predicted molar refractivity (Wildman–Crippen MR) is 108 cm³/mol. The molecule has 0 spiro atoms. The van der Waals surface area contributed by atoms with Crippen molar-refractivity contribution in [3.63, 3.8) is 0 Å². The van der Waals surface area contributed by atoms with Gasteiger partial charge in [-0.05, 0) is 30.0 Å². The zero-order chi connectivity index (χ0) is 19.4. The molecule has 0 saturated carbocycles. The number of carbonyl (C=O) groups excluding carboxylic acids is 1. The third-order valence-electron chi connectivity index (χ3n) is 4.32. The Kier molecular flexibility index (Phi) is 6.84. The molecule has 0 saturated heterocycles. The normalized spacial score (nSPS) is 11.6. The number of hydrogen-bond acceptors (Lipinski definition) is 3. The van der Waals surface area contributed by atoms with E-state index in [0.29, 0.717) is 23.4 Å². The molecule has 142 valence electrons. The number of nitrogens with zero attached hydrogens (tertiary/aromatic N) is 3. The van der Waals surface area contributed by atoms with Gasteiger partial charge in [0.1, 0.15) is 0 Å². The van der Waals surface area contributed by atoms with Crippen molar-refractivity contribution in [3.8, 4) is 0 Å². The van der Waals surface area contributed by atoms with Crippen molar-refractivity contribution in [2.75, 3.05) is 18.9 Å². The van der Waals surface area contributed by atoms with Crippen LogP contribution < -0.4 is 5.32 Å². The molecule has 0 fully saturated rings. The number of halogens is 1. The van der Waals surface area contributed by atoms with E-state index in [0.717, 1.165) is 11.4 Å². The fourth-order valence-electron chi connectivity index (χ4n) is 3.04. The van der Waals surface area contributed by atoms with Crippen LogP contribution in [0.4, 0.5) is 5.69 Å². The van der Waals surface area contributed by atoms with Gasteiger partial charge in [-0.25, -0.2) is 0 Å². The highest BCUT2D eigenvalue weighted by molar-refractivity contribution is 6.31. The molecule has 0 aliphatic carbocycles. The van der Waals surface area contributed by atoms with Gasteiger partial charge in [-0.3, -0.25) is 14.4 Å². The first-order chi connectivity index (χ1) is 12.2. The molecule has 1 heterocycles. The van der Waals surface area contributed by atoms with Crippen molar-refractivity contribution in [2.45, 2.75) is 46.1 Å². The number of nitrogens with one attached hydrogen (secondary N) is 1. The van der Waals surface area contributed by atoms with Crippen molar-refractivity contribution < 1.29 is 4.79 Å². The second kappa shape index (κ2) is 8.69. The van der Waals surface area contributed by atoms with Gasteiger partial charge in [-0.2, -0.15) is 5.10 Å². The van der Waals surface area contributed by atoms with Gasteiger partial charge < -0.3 is 5.32 Å².